The molecule has 1 heterocycles. The number of hydrogen-bond acceptors (Lipinski definition) is 4. The number of benzene rings is 2. The first-order valence-electron chi connectivity index (χ1n) is 16.0. The summed E-state index contributed by atoms with van der Waals surface area (Å²) < 4.78 is 87.6. The van der Waals surface area contributed by atoms with Crippen molar-refractivity contribution in [3.8, 4) is 11.1 Å². The van der Waals surface area contributed by atoms with Gasteiger partial charge in [-0.3, -0.25) is 14.4 Å². The molecule has 13 heteroatoms. The summed E-state index contributed by atoms with van der Waals surface area (Å²) in [6.07, 6.45) is -4.98. The number of carbonyl (C=O) groups excluding carboxylic acids is 1. The van der Waals surface area contributed by atoms with E-state index in [-0.39, 0.29) is 59.5 Å². The quantitative estimate of drug-likeness (QED) is 0.194. The maximum absolute atomic E-state index is 15.3. The Morgan fingerprint density at radius 2 is 1.69 bits per heavy atom. The molecule has 7 nitrogen and oxygen atoms in total. The van der Waals surface area contributed by atoms with Crippen molar-refractivity contribution in [3.05, 3.63) is 91.6 Å². The molecule has 49 heavy (non-hydrogen) atoms. The second kappa shape index (κ2) is 14.4. The third-order valence-electron chi connectivity index (χ3n) is 8.81. The highest BCUT2D eigenvalue weighted by Crippen LogP contribution is 2.49. The number of aliphatic carboxylic acids is 1. The number of fused-ring (bicyclic) bond motifs is 1. The van der Waals surface area contributed by atoms with E-state index in [0.717, 1.165) is 10.8 Å². The van der Waals surface area contributed by atoms with Gasteiger partial charge in [-0.2, -0.15) is 13.2 Å². The Morgan fingerprint density at radius 1 is 1.06 bits per heavy atom. The van der Waals surface area contributed by atoms with Crippen molar-refractivity contribution in [2.24, 2.45) is 5.92 Å². The summed E-state index contributed by atoms with van der Waals surface area (Å²) in [6.45, 7) is 6.92. The Hall–Kier alpha value is -4.13. The molecule has 0 unspecified atom stereocenters. The van der Waals surface area contributed by atoms with Gasteiger partial charge in [0.15, 0.2) is 0 Å². The highest BCUT2D eigenvalue weighted by molar-refractivity contribution is 5.82. The molecule has 0 spiro atoms. The van der Waals surface area contributed by atoms with Crippen LogP contribution in [0.2, 0.25) is 0 Å². The van der Waals surface area contributed by atoms with Crippen LogP contribution in [-0.2, 0) is 34.5 Å². The van der Waals surface area contributed by atoms with E-state index in [0.29, 0.717) is 22.8 Å². The predicted molar refractivity (Wildman–Crippen MR) is 173 cm³/mol. The number of halogens is 6. The van der Waals surface area contributed by atoms with E-state index < -0.39 is 65.8 Å². The molecule has 1 aliphatic rings. The van der Waals surface area contributed by atoms with E-state index in [1.165, 1.54) is 24.3 Å². The fraction of sp³-hybridized carbons (Fsp3) is 0.472. The number of aromatic nitrogens is 1. The molecule has 3 aromatic rings. The number of pyridine rings is 1. The molecule has 0 aliphatic heterocycles. The van der Waals surface area contributed by atoms with Crippen molar-refractivity contribution in [2.75, 3.05) is 20.6 Å². The molecular formula is C36H41F6N3O4. The van der Waals surface area contributed by atoms with Crippen LogP contribution in [0.15, 0.2) is 41.3 Å². The number of nitrogens with zero attached hydrogens (tertiary/aromatic N) is 2. The summed E-state index contributed by atoms with van der Waals surface area (Å²) in [6, 6.07) is 3.15. The van der Waals surface area contributed by atoms with Crippen molar-refractivity contribution in [3.63, 3.8) is 0 Å². The summed E-state index contributed by atoms with van der Waals surface area (Å²) in [5.74, 6) is -6.11. The molecule has 0 fully saturated rings. The third kappa shape index (κ3) is 8.55. The standard InChI is InChI=1S/C36H41F6N3O4/c1-19(2)11-29(45-18-23(8-10-44(5)6)27(16-30(45)46)36(40,41)42)34(49)43-28(17-31(47)48)24-14-22-7-9-35(38,39)33(22)26(15-24)32-20(3)12-25(37)13-21(32)4/h12-16,18-19,28-29H,7-11,17H2,1-6H3,(H,43,49)(H,47,48)/t28-,29+/m0/s1. The van der Waals surface area contributed by atoms with Crippen molar-refractivity contribution in [1.82, 2.24) is 14.8 Å². The third-order valence-corrected chi connectivity index (χ3v) is 8.81. The SMILES string of the molecule is Cc1cc(F)cc(C)c1-c1cc([C@H](CC(=O)O)NC(=O)[C@@H](CC(C)C)n2cc(CCN(C)C)c(C(F)(F)F)cc2=O)cc2c1C(F)(F)CC2. The van der Waals surface area contributed by atoms with Gasteiger partial charge in [-0.05, 0) is 110 Å². The van der Waals surface area contributed by atoms with Crippen LogP contribution in [0.1, 0.15) is 84.1 Å². The predicted octanol–water partition coefficient (Wildman–Crippen LogP) is 7.35. The Bertz CT molecular complexity index is 1780. The van der Waals surface area contributed by atoms with Crippen LogP contribution in [0.3, 0.4) is 0 Å². The summed E-state index contributed by atoms with van der Waals surface area (Å²) in [4.78, 5) is 41.0. The van der Waals surface area contributed by atoms with E-state index in [4.69, 9.17) is 0 Å². The van der Waals surface area contributed by atoms with Crippen molar-refractivity contribution in [1.29, 1.82) is 0 Å². The molecule has 2 N–H and O–H groups in total. The number of nitrogens with one attached hydrogen (secondary N) is 1. The molecule has 0 radical (unpaired) electrons. The molecule has 266 valence electrons. The van der Waals surface area contributed by atoms with Gasteiger partial charge in [-0.15, -0.1) is 0 Å². The number of carbonyl (C=O) groups is 2. The van der Waals surface area contributed by atoms with E-state index in [1.807, 2.05) is 0 Å². The van der Waals surface area contributed by atoms with E-state index in [9.17, 15) is 37.1 Å². The van der Waals surface area contributed by atoms with Gasteiger partial charge in [0.2, 0.25) is 5.91 Å². The number of amides is 1. The highest BCUT2D eigenvalue weighted by atomic mass is 19.4. The summed E-state index contributed by atoms with van der Waals surface area (Å²) in [5.41, 5.74) is -0.874. The number of likely N-dealkylation sites (N-methyl/N-ethyl adjacent to an activating group) is 1. The highest BCUT2D eigenvalue weighted by Gasteiger charge is 2.43. The van der Waals surface area contributed by atoms with Gasteiger partial charge in [0.05, 0.1) is 18.0 Å². The molecule has 2 atom stereocenters. The van der Waals surface area contributed by atoms with Crippen LogP contribution in [0.25, 0.3) is 11.1 Å². The average molecular weight is 694 g/mol. The van der Waals surface area contributed by atoms with Gasteiger partial charge in [0.25, 0.3) is 11.5 Å². The Labute approximate surface area is 280 Å². The first kappa shape index (κ1) is 37.7. The smallest absolute Gasteiger partial charge is 0.416 e. The lowest BCUT2D eigenvalue weighted by Gasteiger charge is -2.27. The van der Waals surface area contributed by atoms with Crippen LogP contribution >= 0.6 is 0 Å². The Balaban J connectivity index is 1.85. The van der Waals surface area contributed by atoms with Gasteiger partial charge < -0.3 is 19.9 Å². The zero-order valence-corrected chi connectivity index (χ0v) is 28.3. The maximum atomic E-state index is 15.3. The monoisotopic (exact) mass is 693 g/mol. The van der Waals surface area contributed by atoms with Gasteiger partial charge in [-0.1, -0.05) is 19.9 Å². The van der Waals surface area contributed by atoms with Gasteiger partial charge in [-0.25, -0.2) is 13.2 Å². The molecular weight excluding hydrogens is 652 g/mol. The van der Waals surface area contributed by atoms with E-state index >= 15 is 8.78 Å². The summed E-state index contributed by atoms with van der Waals surface area (Å²) in [5, 5.41) is 12.5. The molecule has 4 rings (SSSR count). The number of carboxylic acids is 1. The molecule has 0 saturated carbocycles. The second-order valence-corrected chi connectivity index (χ2v) is 13.5. The van der Waals surface area contributed by atoms with Crippen molar-refractivity contribution >= 4 is 11.9 Å². The number of hydrogen-bond donors (Lipinski definition) is 2. The fourth-order valence-corrected chi connectivity index (χ4v) is 6.64. The molecule has 1 aliphatic carbocycles. The molecule has 1 amide bonds. The van der Waals surface area contributed by atoms with Crippen molar-refractivity contribution in [2.45, 2.75) is 84.0 Å². The van der Waals surface area contributed by atoms with Gasteiger partial charge in [0, 0.05) is 30.8 Å². The number of rotatable bonds is 12. The zero-order chi connectivity index (χ0) is 36.6. The molecule has 2 aromatic carbocycles. The normalized spacial score (nSPS) is 15.4. The molecule has 0 saturated heterocycles. The topological polar surface area (TPSA) is 91.6 Å². The number of aryl methyl sites for hydroxylation is 3. The van der Waals surface area contributed by atoms with Crippen LogP contribution in [0.5, 0.6) is 0 Å². The van der Waals surface area contributed by atoms with Crippen LogP contribution in [0, 0.1) is 25.6 Å². The van der Waals surface area contributed by atoms with Crippen LogP contribution < -0.4 is 10.9 Å². The van der Waals surface area contributed by atoms with Crippen molar-refractivity contribution < 1.29 is 41.0 Å². The first-order chi connectivity index (χ1) is 22.7. The minimum absolute atomic E-state index is 0.0250. The second-order valence-electron chi connectivity index (χ2n) is 13.5. The van der Waals surface area contributed by atoms with Gasteiger partial charge in [0.1, 0.15) is 11.9 Å². The number of carboxylic acid groups (broad SMARTS) is 1. The Kier molecular flexibility index (Phi) is 11.1. The van der Waals surface area contributed by atoms with Crippen LogP contribution in [-0.4, -0.2) is 47.1 Å². The maximum Gasteiger partial charge on any atom is 0.416 e. The van der Waals surface area contributed by atoms with Crippen LogP contribution in [0.4, 0.5) is 26.3 Å². The fourth-order valence-electron chi connectivity index (χ4n) is 6.64. The summed E-state index contributed by atoms with van der Waals surface area (Å²) >= 11 is 0. The lowest BCUT2D eigenvalue weighted by Crippen LogP contribution is -2.40. The molecule has 0 bridgehead atoms. The minimum Gasteiger partial charge on any atom is -0.481 e. The van der Waals surface area contributed by atoms with E-state index in [1.54, 1.807) is 46.7 Å². The largest absolute Gasteiger partial charge is 0.481 e. The molecule has 1 aromatic heterocycles. The summed E-state index contributed by atoms with van der Waals surface area (Å²) in [7, 11) is 3.37. The van der Waals surface area contributed by atoms with Gasteiger partial charge >= 0.3 is 12.1 Å². The van der Waals surface area contributed by atoms with E-state index in [2.05, 4.69) is 5.32 Å². The average Bonchev–Trinajstić information content (AvgIpc) is 3.27. The Morgan fingerprint density at radius 3 is 2.24 bits per heavy atom. The lowest BCUT2D eigenvalue weighted by molar-refractivity contribution is -0.139. The minimum atomic E-state index is -4.81. The number of alkyl halides is 5. The lowest BCUT2D eigenvalue weighted by atomic mass is 9.86. The first-order valence-corrected chi connectivity index (χ1v) is 16.0. The zero-order valence-electron chi connectivity index (χ0n) is 28.3.